The fraction of sp³-hybridized carbons (Fsp3) is 0.357. The van der Waals surface area contributed by atoms with E-state index >= 15 is 0 Å². The van der Waals surface area contributed by atoms with Gasteiger partial charge in [-0.25, -0.2) is 9.18 Å². The molecular weight excluding hydrogens is 233 g/mol. The number of rotatable bonds is 6. The Hall–Kier alpha value is -1.68. The van der Waals surface area contributed by atoms with Gasteiger partial charge < -0.3 is 10.4 Å². The molecule has 0 spiro atoms. The quantitative estimate of drug-likeness (QED) is 0.764. The van der Waals surface area contributed by atoms with Crippen LogP contribution in [0.1, 0.15) is 31.9 Å². The number of carboxylic acid groups (broad SMARTS) is 1. The number of aliphatic carboxylic acids is 1. The minimum Gasteiger partial charge on any atom is -0.478 e. The van der Waals surface area contributed by atoms with Gasteiger partial charge in [0.2, 0.25) is 0 Å². The minimum absolute atomic E-state index is 0.0498. The van der Waals surface area contributed by atoms with E-state index in [9.17, 15) is 9.18 Å². The van der Waals surface area contributed by atoms with E-state index in [1.165, 1.54) is 12.1 Å². The third-order valence-corrected chi connectivity index (χ3v) is 2.80. The molecule has 0 fully saturated rings. The van der Waals surface area contributed by atoms with E-state index in [2.05, 4.69) is 5.32 Å². The Labute approximate surface area is 106 Å². The number of carbonyl (C=O) groups is 1. The fourth-order valence-electron chi connectivity index (χ4n) is 1.61. The third kappa shape index (κ3) is 4.30. The molecule has 0 aliphatic rings. The minimum atomic E-state index is -0.881. The third-order valence-electron chi connectivity index (χ3n) is 2.80. The number of halogens is 1. The molecule has 2 N–H and O–H groups in total. The SMILES string of the molecule is CC/C(=C/CN[C@H](C)c1ccc(F)cc1)C(=O)O. The van der Waals surface area contributed by atoms with Crippen molar-refractivity contribution in [2.75, 3.05) is 6.54 Å². The van der Waals surface area contributed by atoms with Gasteiger partial charge in [-0.1, -0.05) is 25.1 Å². The zero-order valence-corrected chi connectivity index (χ0v) is 10.6. The standard InChI is InChI=1S/C14H18FNO2/c1-3-11(14(17)18)8-9-16-10(2)12-4-6-13(15)7-5-12/h4-8,10,16H,3,9H2,1-2H3,(H,17,18)/b11-8-/t10-/m1/s1. The van der Waals surface area contributed by atoms with Crippen LogP contribution in [0.4, 0.5) is 4.39 Å². The molecule has 1 aromatic carbocycles. The van der Waals surface area contributed by atoms with E-state index in [1.807, 2.05) is 13.8 Å². The maximum absolute atomic E-state index is 12.7. The lowest BCUT2D eigenvalue weighted by molar-refractivity contribution is -0.132. The number of hydrogen-bond acceptors (Lipinski definition) is 2. The summed E-state index contributed by atoms with van der Waals surface area (Å²) in [6.45, 7) is 4.24. The lowest BCUT2D eigenvalue weighted by Crippen LogP contribution is -2.19. The first kappa shape index (κ1) is 14.4. The number of carboxylic acids is 1. The average Bonchev–Trinajstić information content (AvgIpc) is 2.34. The molecule has 18 heavy (non-hydrogen) atoms. The van der Waals surface area contributed by atoms with Crippen LogP contribution in [0, 0.1) is 5.82 Å². The summed E-state index contributed by atoms with van der Waals surface area (Å²) in [4.78, 5) is 10.8. The summed E-state index contributed by atoms with van der Waals surface area (Å²) >= 11 is 0. The van der Waals surface area contributed by atoms with Crippen molar-refractivity contribution in [2.45, 2.75) is 26.3 Å². The Morgan fingerprint density at radius 1 is 1.44 bits per heavy atom. The highest BCUT2D eigenvalue weighted by Crippen LogP contribution is 2.12. The summed E-state index contributed by atoms with van der Waals surface area (Å²) in [5, 5.41) is 12.0. The van der Waals surface area contributed by atoms with Gasteiger partial charge >= 0.3 is 5.97 Å². The van der Waals surface area contributed by atoms with Gasteiger partial charge in [0.25, 0.3) is 0 Å². The summed E-state index contributed by atoms with van der Waals surface area (Å²) in [5.41, 5.74) is 1.37. The molecule has 0 aromatic heterocycles. The second-order valence-corrected chi connectivity index (χ2v) is 4.07. The molecule has 0 saturated heterocycles. The Bertz CT molecular complexity index is 426. The summed E-state index contributed by atoms with van der Waals surface area (Å²) in [5.74, 6) is -1.14. The second kappa shape index (κ2) is 6.91. The lowest BCUT2D eigenvalue weighted by atomic mass is 10.1. The van der Waals surface area contributed by atoms with Crippen LogP contribution in [-0.2, 0) is 4.79 Å². The van der Waals surface area contributed by atoms with E-state index in [0.29, 0.717) is 18.5 Å². The Morgan fingerprint density at radius 2 is 2.06 bits per heavy atom. The van der Waals surface area contributed by atoms with Gasteiger partial charge in [-0.05, 0) is 31.0 Å². The van der Waals surface area contributed by atoms with Crippen molar-refractivity contribution in [3.8, 4) is 0 Å². The molecule has 1 atom stereocenters. The molecule has 0 heterocycles. The van der Waals surface area contributed by atoms with Crippen molar-refractivity contribution in [1.29, 1.82) is 0 Å². The average molecular weight is 251 g/mol. The monoisotopic (exact) mass is 251 g/mol. The van der Waals surface area contributed by atoms with Gasteiger partial charge in [-0.2, -0.15) is 0 Å². The van der Waals surface area contributed by atoms with Crippen LogP contribution < -0.4 is 5.32 Å². The molecule has 0 unspecified atom stereocenters. The van der Waals surface area contributed by atoms with Gasteiger partial charge in [0, 0.05) is 18.2 Å². The van der Waals surface area contributed by atoms with Gasteiger partial charge in [0.05, 0.1) is 0 Å². The molecule has 1 rings (SSSR count). The predicted molar refractivity (Wildman–Crippen MR) is 68.8 cm³/mol. The van der Waals surface area contributed by atoms with Crippen molar-refractivity contribution in [3.63, 3.8) is 0 Å². The van der Waals surface area contributed by atoms with Crippen LogP contribution in [0.5, 0.6) is 0 Å². The van der Waals surface area contributed by atoms with E-state index < -0.39 is 5.97 Å². The van der Waals surface area contributed by atoms with Gasteiger partial charge in [0.1, 0.15) is 5.82 Å². The normalized spacial score (nSPS) is 13.4. The first-order valence-electron chi connectivity index (χ1n) is 5.95. The van der Waals surface area contributed by atoms with Gasteiger partial charge in [-0.15, -0.1) is 0 Å². The first-order chi connectivity index (χ1) is 8.54. The molecule has 0 saturated carbocycles. The van der Waals surface area contributed by atoms with E-state index in [4.69, 9.17) is 5.11 Å². The van der Waals surface area contributed by atoms with Crippen molar-refractivity contribution in [1.82, 2.24) is 5.32 Å². The van der Waals surface area contributed by atoms with Crippen LogP contribution in [0.15, 0.2) is 35.9 Å². The highest BCUT2D eigenvalue weighted by Gasteiger charge is 2.06. The molecule has 0 bridgehead atoms. The van der Waals surface area contributed by atoms with E-state index in [1.54, 1.807) is 18.2 Å². The summed E-state index contributed by atoms with van der Waals surface area (Å²) in [7, 11) is 0. The number of hydrogen-bond donors (Lipinski definition) is 2. The Morgan fingerprint density at radius 3 is 2.56 bits per heavy atom. The molecule has 0 radical (unpaired) electrons. The molecule has 1 aromatic rings. The Balaban J connectivity index is 2.53. The zero-order chi connectivity index (χ0) is 13.5. The van der Waals surface area contributed by atoms with Crippen molar-refractivity contribution < 1.29 is 14.3 Å². The molecule has 0 amide bonds. The van der Waals surface area contributed by atoms with Crippen LogP contribution in [0.2, 0.25) is 0 Å². The highest BCUT2D eigenvalue weighted by molar-refractivity contribution is 5.86. The highest BCUT2D eigenvalue weighted by atomic mass is 19.1. The van der Waals surface area contributed by atoms with Crippen molar-refractivity contribution in [2.24, 2.45) is 0 Å². The van der Waals surface area contributed by atoms with Crippen molar-refractivity contribution in [3.05, 3.63) is 47.3 Å². The topological polar surface area (TPSA) is 49.3 Å². The van der Waals surface area contributed by atoms with Gasteiger partial charge in [0.15, 0.2) is 0 Å². The molecule has 0 aliphatic heterocycles. The fourth-order valence-corrected chi connectivity index (χ4v) is 1.61. The Kier molecular flexibility index (Phi) is 5.52. The van der Waals surface area contributed by atoms with E-state index in [0.717, 1.165) is 5.56 Å². The molecule has 3 nitrogen and oxygen atoms in total. The second-order valence-electron chi connectivity index (χ2n) is 4.07. The molecule has 4 heteroatoms. The lowest BCUT2D eigenvalue weighted by Gasteiger charge is -2.13. The zero-order valence-electron chi connectivity index (χ0n) is 10.6. The summed E-state index contributed by atoms with van der Waals surface area (Å²) < 4.78 is 12.7. The van der Waals surface area contributed by atoms with E-state index in [-0.39, 0.29) is 11.9 Å². The molecule has 0 aliphatic carbocycles. The van der Waals surface area contributed by atoms with Crippen LogP contribution in [-0.4, -0.2) is 17.6 Å². The number of benzene rings is 1. The molecule has 98 valence electrons. The van der Waals surface area contributed by atoms with Crippen molar-refractivity contribution >= 4 is 5.97 Å². The van der Waals surface area contributed by atoms with Crippen LogP contribution in [0.25, 0.3) is 0 Å². The number of nitrogens with one attached hydrogen (secondary N) is 1. The first-order valence-corrected chi connectivity index (χ1v) is 5.95. The summed E-state index contributed by atoms with van der Waals surface area (Å²) in [6, 6.07) is 6.31. The maximum atomic E-state index is 12.7. The largest absolute Gasteiger partial charge is 0.478 e. The van der Waals surface area contributed by atoms with Crippen LogP contribution in [0.3, 0.4) is 0 Å². The predicted octanol–water partition coefficient (Wildman–Crippen LogP) is 2.90. The summed E-state index contributed by atoms with van der Waals surface area (Å²) in [6.07, 6.45) is 2.17. The molecular formula is C14H18FNO2. The maximum Gasteiger partial charge on any atom is 0.331 e. The van der Waals surface area contributed by atoms with Crippen LogP contribution >= 0.6 is 0 Å². The van der Waals surface area contributed by atoms with Gasteiger partial charge in [-0.3, -0.25) is 0 Å². The smallest absolute Gasteiger partial charge is 0.331 e.